The molecule has 0 aliphatic heterocycles. The normalized spacial score (nSPS) is 10.8. The van der Waals surface area contributed by atoms with E-state index in [-0.39, 0.29) is 5.82 Å². The minimum Gasteiger partial charge on any atom is -0.465 e. The fourth-order valence-corrected chi connectivity index (χ4v) is 2.47. The Morgan fingerprint density at radius 1 is 1.08 bits per heavy atom. The number of furan rings is 1. The molecular formula is C19H15FN4O2. The van der Waals surface area contributed by atoms with E-state index in [1.54, 1.807) is 18.3 Å². The van der Waals surface area contributed by atoms with Gasteiger partial charge in [0.25, 0.3) is 5.89 Å². The summed E-state index contributed by atoms with van der Waals surface area (Å²) in [6.07, 6.45) is 1.64. The molecule has 3 heterocycles. The van der Waals surface area contributed by atoms with Crippen molar-refractivity contribution < 1.29 is 13.3 Å². The Labute approximate surface area is 148 Å². The van der Waals surface area contributed by atoms with E-state index >= 15 is 0 Å². The number of benzene rings is 1. The quantitative estimate of drug-likeness (QED) is 0.573. The summed E-state index contributed by atoms with van der Waals surface area (Å²) in [5.74, 6) is 2.71. The highest BCUT2D eigenvalue weighted by Crippen LogP contribution is 2.23. The molecule has 0 saturated heterocycles. The molecule has 0 spiro atoms. The van der Waals surface area contributed by atoms with E-state index in [2.05, 4.69) is 20.4 Å². The van der Waals surface area contributed by atoms with Gasteiger partial charge in [-0.2, -0.15) is 4.98 Å². The standard InChI is InChI=1S/C19H15FN4O2/c1-12-5-7-16(25-12)11-22-17-8-6-14(10-21-17)19-23-18(24-26-19)13-3-2-4-15(20)9-13/h2-10H,11H2,1H3,(H,21,22). The number of nitrogens with one attached hydrogen (secondary N) is 1. The van der Waals surface area contributed by atoms with Gasteiger partial charge in [-0.15, -0.1) is 0 Å². The van der Waals surface area contributed by atoms with Gasteiger partial charge in [0.15, 0.2) is 0 Å². The lowest BCUT2D eigenvalue weighted by atomic mass is 10.2. The molecule has 0 fully saturated rings. The summed E-state index contributed by atoms with van der Waals surface area (Å²) >= 11 is 0. The number of anilines is 1. The predicted molar refractivity (Wildman–Crippen MR) is 93.7 cm³/mol. The van der Waals surface area contributed by atoms with E-state index in [1.165, 1.54) is 12.1 Å². The minimum absolute atomic E-state index is 0.324. The summed E-state index contributed by atoms with van der Waals surface area (Å²) in [7, 11) is 0. The van der Waals surface area contributed by atoms with Crippen LogP contribution in [0.1, 0.15) is 11.5 Å². The molecule has 0 aliphatic carbocycles. The van der Waals surface area contributed by atoms with E-state index in [4.69, 9.17) is 8.94 Å². The van der Waals surface area contributed by atoms with E-state index in [1.807, 2.05) is 31.2 Å². The third-order valence-corrected chi connectivity index (χ3v) is 3.76. The van der Waals surface area contributed by atoms with Crippen molar-refractivity contribution in [1.82, 2.24) is 15.1 Å². The maximum absolute atomic E-state index is 13.3. The molecule has 7 heteroatoms. The summed E-state index contributed by atoms with van der Waals surface area (Å²) in [5, 5.41) is 7.07. The van der Waals surface area contributed by atoms with E-state index in [0.717, 1.165) is 11.5 Å². The van der Waals surface area contributed by atoms with Crippen LogP contribution < -0.4 is 5.32 Å². The van der Waals surface area contributed by atoms with Crippen LogP contribution in [0.3, 0.4) is 0 Å². The van der Waals surface area contributed by atoms with Crippen molar-refractivity contribution in [2.75, 3.05) is 5.32 Å². The zero-order valence-electron chi connectivity index (χ0n) is 13.9. The summed E-state index contributed by atoms with van der Waals surface area (Å²) < 4.78 is 24.1. The molecule has 0 aliphatic rings. The lowest BCUT2D eigenvalue weighted by Gasteiger charge is -2.03. The van der Waals surface area contributed by atoms with Gasteiger partial charge in [-0.05, 0) is 43.3 Å². The summed E-state index contributed by atoms with van der Waals surface area (Å²) in [4.78, 5) is 8.63. The molecule has 1 N–H and O–H groups in total. The van der Waals surface area contributed by atoms with Crippen molar-refractivity contribution in [1.29, 1.82) is 0 Å². The molecule has 0 saturated carbocycles. The van der Waals surface area contributed by atoms with Crippen LogP contribution in [0.4, 0.5) is 10.2 Å². The molecule has 26 heavy (non-hydrogen) atoms. The third-order valence-electron chi connectivity index (χ3n) is 3.76. The molecule has 0 atom stereocenters. The Morgan fingerprint density at radius 2 is 2.00 bits per heavy atom. The van der Waals surface area contributed by atoms with Gasteiger partial charge in [-0.25, -0.2) is 9.37 Å². The Balaban J connectivity index is 1.47. The Bertz CT molecular complexity index is 1020. The molecule has 0 radical (unpaired) electrons. The van der Waals surface area contributed by atoms with Crippen molar-refractivity contribution >= 4 is 5.82 Å². The fraction of sp³-hybridized carbons (Fsp3) is 0.105. The van der Waals surface area contributed by atoms with Crippen molar-refractivity contribution in [3.05, 3.63) is 72.1 Å². The Hall–Kier alpha value is -3.48. The van der Waals surface area contributed by atoms with Crippen molar-refractivity contribution in [2.24, 2.45) is 0 Å². The first-order valence-corrected chi connectivity index (χ1v) is 8.03. The highest BCUT2D eigenvalue weighted by atomic mass is 19.1. The summed E-state index contributed by atoms with van der Waals surface area (Å²) in [6.45, 7) is 2.45. The highest BCUT2D eigenvalue weighted by Gasteiger charge is 2.11. The second-order valence-corrected chi connectivity index (χ2v) is 5.73. The van der Waals surface area contributed by atoms with Crippen LogP contribution in [0.15, 0.2) is 63.7 Å². The van der Waals surface area contributed by atoms with Gasteiger partial charge in [0.1, 0.15) is 23.2 Å². The van der Waals surface area contributed by atoms with Gasteiger partial charge in [0.2, 0.25) is 5.82 Å². The van der Waals surface area contributed by atoms with Crippen molar-refractivity contribution in [2.45, 2.75) is 13.5 Å². The Kier molecular flexibility index (Phi) is 4.18. The molecule has 0 amide bonds. The number of pyridine rings is 1. The number of rotatable bonds is 5. The second kappa shape index (κ2) is 6.79. The van der Waals surface area contributed by atoms with Gasteiger partial charge in [0.05, 0.1) is 12.1 Å². The second-order valence-electron chi connectivity index (χ2n) is 5.73. The zero-order chi connectivity index (χ0) is 17.9. The number of halogens is 1. The molecule has 0 unspecified atom stereocenters. The molecule has 130 valence electrons. The maximum Gasteiger partial charge on any atom is 0.259 e. The number of aromatic nitrogens is 3. The largest absolute Gasteiger partial charge is 0.465 e. The average Bonchev–Trinajstić information content (AvgIpc) is 3.30. The minimum atomic E-state index is -0.349. The molecular weight excluding hydrogens is 335 g/mol. The fourth-order valence-electron chi connectivity index (χ4n) is 2.47. The van der Waals surface area contributed by atoms with Crippen LogP contribution in [-0.4, -0.2) is 15.1 Å². The van der Waals surface area contributed by atoms with Crippen LogP contribution in [0.2, 0.25) is 0 Å². The SMILES string of the molecule is Cc1ccc(CNc2ccc(-c3nc(-c4cccc(F)c4)no3)cn2)o1. The van der Waals surface area contributed by atoms with E-state index < -0.39 is 0 Å². The van der Waals surface area contributed by atoms with Crippen molar-refractivity contribution in [3.63, 3.8) is 0 Å². The van der Waals surface area contributed by atoms with Gasteiger partial charge in [-0.1, -0.05) is 17.3 Å². The smallest absolute Gasteiger partial charge is 0.259 e. The van der Waals surface area contributed by atoms with Crippen LogP contribution in [0.5, 0.6) is 0 Å². The molecule has 6 nitrogen and oxygen atoms in total. The van der Waals surface area contributed by atoms with Gasteiger partial charge in [0, 0.05) is 11.8 Å². The summed E-state index contributed by atoms with van der Waals surface area (Å²) in [5.41, 5.74) is 1.24. The molecule has 3 aromatic heterocycles. The van der Waals surface area contributed by atoms with Crippen LogP contribution in [-0.2, 0) is 6.54 Å². The number of hydrogen-bond acceptors (Lipinski definition) is 6. The lowest BCUT2D eigenvalue weighted by molar-refractivity contribution is 0.432. The Morgan fingerprint density at radius 3 is 2.73 bits per heavy atom. The van der Waals surface area contributed by atoms with Crippen LogP contribution in [0.25, 0.3) is 22.8 Å². The number of hydrogen-bond donors (Lipinski definition) is 1. The van der Waals surface area contributed by atoms with Gasteiger partial charge < -0.3 is 14.3 Å². The topological polar surface area (TPSA) is 77.0 Å². The van der Waals surface area contributed by atoms with Gasteiger partial charge in [-0.3, -0.25) is 0 Å². The average molecular weight is 350 g/mol. The number of nitrogens with zero attached hydrogens (tertiary/aromatic N) is 3. The first-order valence-electron chi connectivity index (χ1n) is 8.03. The molecule has 4 rings (SSSR count). The van der Waals surface area contributed by atoms with Crippen molar-refractivity contribution in [3.8, 4) is 22.8 Å². The summed E-state index contributed by atoms with van der Waals surface area (Å²) in [6, 6.07) is 13.5. The highest BCUT2D eigenvalue weighted by molar-refractivity contribution is 5.60. The zero-order valence-corrected chi connectivity index (χ0v) is 13.9. The molecule has 0 bridgehead atoms. The molecule has 4 aromatic rings. The first kappa shape index (κ1) is 16.0. The molecule has 1 aromatic carbocycles. The monoisotopic (exact) mass is 350 g/mol. The predicted octanol–water partition coefficient (Wildman–Crippen LogP) is 4.45. The van der Waals surface area contributed by atoms with Gasteiger partial charge >= 0.3 is 0 Å². The van der Waals surface area contributed by atoms with Crippen LogP contribution >= 0.6 is 0 Å². The third kappa shape index (κ3) is 3.46. The maximum atomic E-state index is 13.3. The lowest BCUT2D eigenvalue weighted by Crippen LogP contribution is -2.00. The van der Waals surface area contributed by atoms with E-state index in [9.17, 15) is 4.39 Å². The van der Waals surface area contributed by atoms with Crippen LogP contribution in [0, 0.1) is 12.7 Å². The number of aryl methyl sites for hydroxylation is 1. The van der Waals surface area contributed by atoms with E-state index in [0.29, 0.717) is 35.2 Å². The first-order chi connectivity index (χ1) is 12.7.